The molecule has 0 spiro atoms. The molecular formula is C12H19BOP. The number of para-hydroxylation sites is 1. The fourth-order valence-electron chi connectivity index (χ4n) is 1.27. The molecule has 1 nitrogen and oxygen atoms in total. The summed E-state index contributed by atoms with van der Waals surface area (Å²) in [4.78, 5) is 0. The van der Waals surface area contributed by atoms with E-state index in [1.54, 1.807) is 7.11 Å². The van der Waals surface area contributed by atoms with Gasteiger partial charge in [-0.1, -0.05) is 46.9 Å². The van der Waals surface area contributed by atoms with Gasteiger partial charge in [0, 0.05) is 13.7 Å². The number of methoxy groups -OCH3 is 1. The Bertz CT molecular complexity index is 307. The van der Waals surface area contributed by atoms with Crippen LogP contribution in [0.4, 0.5) is 0 Å². The Balaban J connectivity index is 0.00000196. The molecule has 1 atom stereocenters. The molecule has 3 radical (unpaired) electrons. The molecule has 0 bridgehead atoms. The Morgan fingerprint density at radius 3 is 2.13 bits per heavy atom. The van der Waals surface area contributed by atoms with Crippen LogP contribution in [0.5, 0.6) is 5.75 Å². The lowest BCUT2D eigenvalue weighted by Gasteiger charge is -2.29. The van der Waals surface area contributed by atoms with E-state index < -0.39 is 0 Å². The van der Waals surface area contributed by atoms with Gasteiger partial charge in [-0.15, -0.1) is 0 Å². The van der Waals surface area contributed by atoms with Gasteiger partial charge >= 0.3 is 0 Å². The van der Waals surface area contributed by atoms with Crippen LogP contribution in [0.1, 0.15) is 20.8 Å². The molecule has 0 saturated heterocycles. The molecule has 0 heterocycles. The van der Waals surface area contributed by atoms with Crippen molar-refractivity contribution in [1.82, 2.24) is 0 Å². The van der Waals surface area contributed by atoms with Crippen LogP contribution in [0, 0.1) is 0 Å². The minimum Gasteiger partial charge on any atom is -0.496 e. The van der Waals surface area contributed by atoms with Crippen molar-refractivity contribution in [2.75, 3.05) is 13.8 Å². The van der Waals surface area contributed by atoms with Crippen molar-refractivity contribution < 1.29 is 4.74 Å². The van der Waals surface area contributed by atoms with Crippen molar-refractivity contribution >= 4 is 21.6 Å². The third-order valence-electron chi connectivity index (χ3n) is 2.45. The van der Waals surface area contributed by atoms with Gasteiger partial charge in [0.15, 0.2) is 0 Å². The van der Waals surface area contributed by atoms with Gasteiger partial charge in [-0.25, -0.2) is 0 Å². The van der Waals surface area contributed by atoms with Crippen LogP contribution >= 0.6 is 7.92 Å². The maximum absolute atomic E-state index is 5.38. The molecule has 0 aliphatic rings. The fraction of sp³-hybridized carbons (Fsp3) is 0.500. The van der Waals surface area contributed by atoms with Gasteiger partial charge < -0.3 is 4.74 Å². The number of ether oxygens (including phenoxy) is 1. The number of benzene rings is 1. The second kappa shape index (κ2) is 5.56. The van der Waals surface area contributed by atoms with Crippen molar-refractivity contribution in [1.29, 1.82) is 0 Å². The summed E-state index contributed by atoms with van der Waals surface area (Å²) in [6.45, 7) is 9.16. The minimum atomic E-state index is -0.168. The molecule has 0 aliphatic heterocycles. The molecule has 0 N–H and O–H groups in total. The molecule has 1 aromatic carbocycles. The van der Waals surface area contributed by atoms with Crippen LogP contribution in [0.25, 0.3) is 0 Å². The summed E-state index contributed by atoms with van der Waals surface area (Å²) >= 11 is 0. The third kappa shape index (κ3) is 3.54. The summed E-state index contributed by atoms with van der Waals surface area (Å²) in [5, 5.41) is 1.70. The Kier molecular flexibility index (Phi) is 5.38. The van der Waals surface area contributed by atoms with Gasteiger partial charge in [-0.3, -0.25) is 0 Å². The van der Waals surface area contributed by atoms with Crippen molar-refractivity contribution in [2.24, 2.45) is 0 Å². The van der Waals surface area contributed by atoms with Crippen LogP contribution in [-0.2, 0) is 0 Å². The molecular weight excluding hydrogens is 202 g/mol. The summed E-state index contributed by atoms with van der Waals surface area (Å²) in [7, 11) is 1.57. The van der Waals surface area contributed by atoms with E-state index >= 15 is 0 Å². The van der Waals surface area contributed by atoms with E-state index in [1.807, 2.05) is 12.1 Å². The molecule has 1 rings (SSSR count). The molecule has 81 valence electrons. The Hall–Kier alpha value is -0.485. The number of rotatable bonds is 2. The average molecular weight is 221 g/mol. The van der Waals surface area contributed by atoms with Crippen molar-refractivity contribution in [3.8, 4) is 5.75 Å². The lowest BCUT2D eigenvalue weighted by molar-refractivity contribution is 0.418. The largest absolute Gasteiger partial charge is 0.496 e. The molecule has 0 aromatic heterocycles. The quantitative estimate of drug-likeness (QED) is 0.551. The first kappa shape index (κ1) is 14.5. The zero-order chi connectivity index (χ0) is 10.8. The first-order chi connectivity index (χ1) is 6.46. The monoisotopic (exact) mass is 221 g/mol. The molecule has 0 saturated carbocycles. The normalized spacial score (nSPS) is 12.9. The summed E-state index contributed by atoms with van der Waals surface area (Å²) in [5.41, 5.74) is 0. The molecule has 3 heteroatoms. The lowest BCUT2D eigenvalue weighted by Crippen LogP contribution is -2.19. The Morgan fingerprint density at radius 1 is 1.13 bits per heavy atom. The van der Waals surface area contributed by atoms with Gasteiger partial charge in [0.25, 0.3) is 0 Å². The van der Waals surface area contributed by atoms with Gasteiger partial charge in [0.2, 0.25) is 0 Å². The predicted octanol–water partition coefficient (Wildman–Crippen LogP) is 2.85. The highest BCUT2D eigenvalue weighted by atomic mass is 31.1. The summed E-state index contributed by atoms with van der Waals surface area (Å²) in [5.74, 6) is 1.02. The van der Waals surface area contributed by atoms with Gasteiger partial charge in [0.05, 0.1) is 7.11 Å². The summed E-state index contributed by atoms with van der Waals surface area (Å²) < 4.78 is 5.38. The highest BCUT2D eigenvalue weighted by Crippen LogP contribution is 2.46. The van der Waals surface area contributed by atoms with Crippen LogP contribution in [0.15, 0.2) is 24.3 Å². The maximum atomic E-state index is 5.38. The van der Waals surface area contributed by atoms with Crippen molar-refractivity contribution in [3.05, 3.63) is 24.3 Å². The van der Waals surface area contributed by atoms with E-state index in [0.29, 0.717) is 5.16 Å². The minimum absolute atomic E-state index is 0. The Morgan fingerprint density at radius 2 is 1.67 bits per heavy atom. The average Bonchev–Trinajstić information content (AvgIpc) is 2.15. The van der Waals surface area contributed by atoms with Crippen molar-refractivity contribution in [3.63, 3.8) is 0 Å². The van der Waals surface area contributed by atoms with Gasteiger partial charge in [0.1, 0.15) is 5.75 Å². The van der Waals surface area contributed by atoms with Gasteiger partial charge in [-0.05, 0) is 17.9 Å². The smallest absolute Gasteiger partial charge is 0.126 e. The second-order valence-corrected chi connectivity index (χ2v) is 7.34. The molecule has 1 aromatic rings. The predicted molar refractivity (Wildman–Crippen MR) is 71.0 cm³/mol. The standard InChI is InChI=1S/C12H19OP.B/c1-12(2,3)14(5)11-9-7-6-8-10(11)13-4;/h6-9H,1-5H3;. The zero-order valence-electron chi connectivity index (χ0n) is 10.2. The molecule has 1 unspecified atom stereocenters. The first-order valence-electron chi connectivity index (χ1n) is 4.83. The zero-order valence-corrected chi connectivity index (χ0v) is 11.1. The fourth-order valence-corrected chi connectivity index (χ4v) is 2.80. The summed E-state index contributed by atoms with van der Waals surface area (Å²) in [6.07, 6.45) is 0. The highest BCUT2D eigenvalue weighted by molar-refractivity contribution is 7.66. The third-order valence-corrected chi connectivity index (χ3v) is 5.56. The van der Waals surface area contributed by atoms with E-state index in [4.69, 9.17) is 4.74 Å². The highest BCUT2D eigenvalue weighted by Gasteiger charge is 2.23. The van der Waals surface area contributed by atoms with Crippen LogP contribution in [0.3, 0.4) is 0 Å². The van der Waals surface area contributed by atoms with E-state index in [1.165, 1.54) is 5.30 Å². The first-order valence-corrected chi connectivity index (χ1v) is 6.62. The maximum Gasteiger partial charge on any atom is 0.126 e. The summed E-state index contributed by atoms with van der Waals surface area (Å²) in [6, 6.07) is 8.33. The van der Waals surface area contributed by atoms with Crippen molar-refractivity contribution in [2.45, 2.75) is 25.9 Å². The number of hydrogen-bond acceptors (Lipinski definition) is 1. The van der Waals surface area contributed by atoms with Crippen LogP contribution in [-0.4, -0.2) is 27.3 Å². The SMILES string of the molecule is COc1ccccc1P(C)C(C)(C)C.[B]. The second-order valence-electron chi connectivity index (χ2n) is 4.40. The Labute approximate surface area is 96.6 Å². The van der Waals surface area contributed by atoms with E-state index in [0.717, 1.165) is 5.75 Å². The molecule has 0 amide bonds. The van der Waals surface area contributed by atoms with E-state index in [-0.39, 0.29) is 16.3 Å². The lowest BCUT2D eigenvalue weighted by atomic mass is 10.3. The van der Waals surface area contributed by atoms with E-state index in [9.17, 15) is 0 Å². The van der Waals surface area contributed by atoms with Crippen LogP contribution in [0.2, 0.25) is 0 Å². The number of hydrogen-bond donors (Lipinski definition) is 0. The molecule has 15 heavy (non-hydrogen) atoms. The van der Waals surface area contributed by atoms with Gasteiger partial charge in [-0.2, -0.15) is 0 Å². The topological polar surface area (TPSA) is 9.23 Å². The van der Waals surface area contributed by atoms with E-state index in [2.05, 4.69) is 39.6 Å². The molecule has 0 fully saturated rings. The van der Waals surface area contributed by atoms with Crippen LogP contribution < -0.4 is 10.0 Å². The molecule has 0 aliphatic carbocycles.